The van der Waals surface area contributed by atoms with Gasteiger partial charge in [-0.05, 0) is 6.92 Å². The van der Waals surface area contributed by atoms with Gasteiger partial charge in [0.25, 0.3) is 0 Å². The van der Waals surface area contributed by atoms with E-state index < -0.39 is 54.9 Å². The summed E-state index contributed by atoms with van der Waals surface area (Å²) in [4.78, 5) is 0. The maximum Gasteiger partial charge on any atom is 0.427 e. The molecule has 0 aromatic heterocycles. The third-order valence-corrected chi connectivity index (χ3v) is 2.84. The lowest BCUT2D eigenvalue weighted by Crippen LogP contribution is -2.68. The first-order valence-corrected chi connectivity index (χ1v) is 6.19. The van der Waals surface area contributed by atoms with E-state index in [4.69, 9.17) is 5.26 Å². The average Bonchev–Trinajstić information content (AvgIpc) is 2.43. The first kappa shape index (κ1) is 24.5. The van der Waals surface area contributed by atoms with E-state index >= 15 is 0 Å². The van der Waals surface area contributed by atoms with Gasteiger partial charge in [0.15, 0.2) is 0 Å². The van der Waals surface area contributed by atoms with Gasteiger partial charge in [-0.25, -0.2) is 0 Å². The van der Waals surface area contributed by atoms with Gasteiger partial charge in [0, 0.05) is 12.8 Å². The van der Waals surface area contributed by atoms with Crippen molar-refractivity contribution in [3.05, 3.63) is 0 Å². The summed E-state index contributed by atoms with van der Waals surface area (Å²) in [6.45, 7) is 0.318. The largest absolute Gasteiger partial charge is 0.427 e. The minimum absolute atomic E-state index is 0.318. The Morgan fingerprint density at radius 1 is 0.731 bits per heavy atom. The van der Waals surface area contributed by atoms with Gasteiger partial charge in [-0.2, -0.15) is 62.3 Å². The number of rotatable bonds is 8. The zero-order chi connectivity index (χ0) is 21.4. The van der Waals surface area contributed by atoms with E-state index in [1.807, 2.05) is 0 Å². The zero-order valence-corrected chi connectivity index (χ0v) is 12.3. The van der Waals surface area contributed by atoms with E-state index in [1.54, 1.807) is 0 Å². The lowest BCUT2D eigenvalue weighted by atomic mass is 9.95. The third-order valence-electron chi connectivity index (χ3n) is 2.84. The molecule has 15 heteroatoms. The SMILES string of the molecule is CC(C#N)OC(F)(F)C(F)(F)C(F)(F)C(F)(F)C(F)(F)CCC(F)(F)F. The molecule has 0 rings (SSSR count). The summed E-state index contributed by atoms with van der Waals surface area (Å²) in [6.07, 6.45) is -20.5. The highest BCUT2D eigenvalue weighted by Crippen LogP contribution is 2.58. The molecule has 0 saturated carbocycles. The molecular weight excluding hydrogens is 409 g/mol. The van der Waals surface area contributed by atoms with Crippen LogP contribution in [-0.4, -0.2) is 42.1 Å². The molecule has 0 radical (unpaired) electrons. The topological polar surface area (TPSA) is 33.0 Å². The standard InChI is InChI=1S/C11H8F13NO/c1-5(4-25)26-11(23,24)10(21,22)9(19,20)8(17,18)6(12,13)2-3-7(14,15)16/h5H,2-3H2,1H3. The summed E-state index contributed by atoms with van der Waals surface area (Å²) >= 11 is 0. The minimum Gasteiger partial charge on any atom is -0.297 e. The first-order chi connectivity index (χ1) is 11.2. The number of nitriles is 1. The molecule has 26 heavy (non-hydrogen) atoms. The third kappa shape index (κ3) is 4.44. The number of halogens is 13. The predicted molar refractivity (Wildman–Crippen MR) is 56.2 cm³/mol. The van der Waals surface area contributed by atoms with E-state index in [9.17, 15) is 57.1 Å². The summed E-state index contributed by atoms with van der Waals surface area (Å²) in [5.74, 6) is -28.6. The molecule has 0 saturated heterocycles. The van der Waals surface area contributed by atoms with Crippen molar-refractivity contribution >= 4 is 0 Å². The highest BCUT2D eigenvalue weighted by atomic mass is 19.4. The van der Waals surface area contributed by atoms with Crippen molar-refractivity contribution in [1.82, 2.24) is 0 Å². The number of hydrogen-bond acceptors (Lipinski definition) is 2. The van der Waals surface area contributed by atoms with Crippen LogP contribution >= 0.6 is 0 Å². The summed E-state index contributed by atoms with van der Waals surface area (Å²) in [5.41, 5.74) is 0. The molecule has 0 fully saturated rings. The van der Waals surface area contributed by atoms with E-state index in [0.717, 1.165) is 0 Å². The van der Waals surface area contributed by atoms with Crippen LogP contribution in [-0.2, 0) is 4.74 Å². The van der Waals surface area contributed by atoms with Crippen LogP contribution in [0.4, 0.5) is 57.1 Å². The Balaban J connectivity index is 5.90. The van der Waals surface area contributed by atoms with Gasteiger partial charge >= 0.3 is 36.0 Å². The molecule has 0 aliphatic heterocycles. The molecule has 0 spiro atoms. The molecule has 0 heterocycles. The fourth-order valence-electron chi connectivity index (χ4n) is 1.39. The Morgan fingerprint density at radius 2 is 1.15 bits per heavy atom. The Morgan fingerprint density at radius 3 is 1.50 bits per heavy atom. The van der Waals surface area contributed by atoms with Gasteiger partial charge in [-0.1, -0.05) is 0 Å². The monoisotopic (exact) mass is 417 g/mol. The molecule has 0 N–H and O–H groups in total. The highest BCUT2D eigenvalue weighted by Gasteiger charge is 2.87. The molecule has 0 bridgehead atoms. The Hall–Kier alpha value is -1.46. The Bertz CT molecular complexity index is 533. The van der Waals surface area contributed by atoms with Gasteiger partial charge in [-0.15, -0.1) is 0 Å². The van der Waals surface area contributed by atoms with Crippen molar-refractivity contribution in [2.24, 2.45) is 0 Å². The zero-order valence-electron chi connectivity index (χ0n) is 12.3. The maximum atomic E-state index is 13.2. The number of nitrogens with zero attached hydrogens (tertiary/aromatic N) is 1. The predicted octanol–water partition coefficient (Wildman–Crippen LogP) is 5.39. The second-order valence-electron chi connectivity index (χ2n) is 4.95. The highest BCUT2D eigenvalue weighted by molar-refractivity contribution is 5.07. The Kier molecular flexibility index (Phi) is 6.54. The van der Waals surface area contributed by atoms with Crippen molar-refractivity contribution in [3.63, 3.8) is 0 Å². The van der Waals surface area contributed by atoms with Crippen LogP contribution in [0.25, 0.3) is 0 Å². The molecular formula is C11H8F13NO. The van der Waals surface area contributed by atoms with Crippen molar-refractivity contribution in [2.45, 2.75) is 61.8 Å². The lowest BCUT2D eigenvalue weighted by molar-refractivity contribution is -0.448. The molecule has 1 unspecified atom stereocenters. The smallest absolute Gasteiger partial charge is 0.297 e. The van der Waals surface area contributed by atoms with Crippen LogP contribution in [0.5, 0.6) is 0 Å². The minimum atomic E-state index is -7.55. The summed E-state index contributed by atoms with van der Waals surface area (Å²) in [5, 5.41) is 8.09. The number of hydrogen-bond donors (Lipinski definition) is 0. The van der Waals surface area contributed by atoms with Crippen LogP contribution < -0.4 is 0 Å². The molecule has 0 aliphatic rings. The van der Waals surface area contributed by atoms with Crippen molar-refractivity contribution in [3.8, 4) is 6.07 Å². The fourth-order valence-corrected chi connectivity index (χ4v) is 1.39. The van der Waals surface area contributed by atoms with Crippen LogP contribution in [0, 0.1) is 11.3 Å². The van der Waals surface area contributed by atoms with E-state index in [0.29, 0.717) is 13.0 Å². The van der Waals surface area contributed by atoms with Gasteiger partial charge in [0.1, 0.15) is 6.10 Å². The molecule has 154 valence electrons. The van der Waals surface area contributed by atoms with Gasteiger partial charge < -0.3 is 0 Å². The van der Waals surface area contributed by atoms with Gasteiger partial charge in [0.05, 0.1) is 6.07 Å². The second kappa shape index (κ2) is 6.93. The van der Waals surface area contributed by atoms with Crippen LogP contribution in [0.1, 0.15) is 19.8 Å². The van der Waals surface area contributed by atoms with Gasteiger partial charge in [0.2, 0.25) is 0 Å². The normalized spacial score (nSPS) is 16.3. The van der Waals surface area contributed by atoms with E-state index in [-0.39, 0.29) is 0 Å². The van der Waals surface area contributed by atoms with Crippen molar-refractivity contribution < 1.29 is 61.8 Å². The fraction of sp³-hybridized carbons (Fsp3) is 0.909. The number of alkyl halides is 13. The molecule has 0 aliphatic carbocycles. The molecule has 1 atom stereocenters. The number of ether oxygens (including phenoxy) is 1. The molecule has 0 aromatic rings. The molecule has 2 nitrogen and oxygen atoms in total. The van der Waals surface area contributed by atoms with Crippen molar-refractivity contribution in [2.75, 3.05) is 0 Å². The molecule has 0 aromatic carbocycles. The average molecular weight is 417 g/mol. The summed E-state index contributed by atoms with van der Waals surface area (Å²) in [7, 11) is 0. The summed E-state index contributed by atoms with van der Waals surface area (Å²) in [6, 6.07) is 0.709. The van der Waals surface area contributed by atoms with Gasteiger partial charge in [-0.3, -0.25) is 4.74 Å². The quantitative estimate of drug-likeness (QED) is 0.496. The van der Waals surface area contributed by atoms with Crippen LogP contribution in [0.3, 0.4) is 0 Å². The molecule has 0 amide bonds. The first-order valence-electron chi connectivity index (χ1n) is 6.19. The van der Waals surface area contributed by atoms with Crippen molar-refractivity contribution in [1.29, 1.82) is 5.26 Å². The van der Waals surface area contributed by atoms with E-state index in [2.05, 4.69) is 4.74 Å². The van der Waals surface area contributed by atoms with E-state index in [1.165, 1.54) is 0 Å². The van der Waals surface area contributed by atoms with Crippen LogP contribution in [0.2, 0.25) is 0 Å². The Labute approximate surface area is 136 Å². The summed E-state index contributed by atoms with van der Waals surface area (Å²) < 4.78 is 170. The second-order valence-corrected chi connectivity index (χ2v) is 4.95. The lowest BCUT2D eigenvalue weighted by Gasteiger charge is -2.39. The maximum absolute atomic E-state index is 13.2. The van der Waals surface area contributed by atoms with Crippen LogP contribution in [0.15, 0.2) is 0 Å².